The molecule has 1 saturated carbocycles. The van der Waals surface area contributed by atoms with Crippen LogP contribution in [0.2, 0.25) is 0 Å². The smallest absolute Gasteiger partial charge is 0.289 e. The lowest BCUT2D eigenvalue weighted by Gasteiger charge is -2.34. The quantitative estimate of drug-likeness (QED) is 0.502. The zero-order valence-corrected chi connectivity index (χ0v) is 16.8. The largest absolute Gasteiger partial charge is 0.348 e. The van der Waals surface area contributed by atoms with Gasteiger partial charge in [0.25, 0.3) is 11.6 Å². The van der Waals surface area contributed by atoms with Crippen LogP contribution in [0.1, 0.15) is 32.6 Å². The Morgan fingerprint density at radius 1 is 1.25 bits per heavy atom. The van der Waals surface area contributed by atoms with Gasteiger partial charge in [-0.2, -0.15) is 4.31 Å². The average Bonchev–Trinajstić information content (AvgIpc) is 3.20. The molecular formula is C18H27N4O5S+. The number of sulfonamides is 1. The fourth-order valence-electron chi connectivity index (χ4n) is 3.99. The molecule has 2 aliphatic rings. The van der Waals surface area contributed by atoms with Crippen molar-refractivity contribution in [2.75, 3.05) is 26.2 Å². The number of nitro benzene ring substituents is 1. The maximum Gasteiger partial charge on any atom is 0.289 e. The normalized spacial score (nSPS) is 20.8. The monoisotopic (exact) mass is 411 g/mol. The Morgan fingerprint density at radius 2 is 1.86 bits per heavy atom. The Morgan fingerprint density at radius 3 is 2.46 bits per heavy atom. The summed E-state index contributed by atoms with van der Waals surface area (Å²) in [6.07, 6.45) is 4.34. The van der Waals surface area contributed by atoms with Gasteiger partial charge in [0.05, 0.1) is 31.1 Å². The lowest BCUT2D eigenvalue weighted by atomic mass is 10.2. The zero-order valence-electron chi connectivity index (χ0n) is 16.0. The van der Waals surface area contributed by atoms with E-state index in [0.29, 0.717) is 13.1 Å². The molecule has 1 aromatic rings. The first kappa shape index (κ1) is 20.7. The number of quaternary nitrogens is 1. The van der Waals surface area contributed by atoms with E-state index >= 15 is 0 Å². The maximum absolute atomic E-state index is 12.9. The second kappa shape index (κ2) is 8.54. The first-order chi connectivity index (χ1) is 13.3. The molecule has 0 spiro atoms. The van der Waals surface area contributed by atoms with Gasteiger partial charge in [0.15, 0.2) is 10.9 Å². The molecule has 3 rings (SSSR count). The number of nitrogens with one attached hydrogen (secondary N) is 2. The van der Waals surface area contributed by atoms with Crippen LogP contribution in [-0.4, -0.2) is 61.8 Å². The van der Waals surface area contributed by atoms with Gasteiger partial charge >= 0.3 is 0 Å². The van der Waals surface area contributed by atoms with Crippen molar-refractivity contribution in [3.8, 4) is 0 Å². The minimum Gasteiger partial charge on any atom is -0.348 e. The van der Waals surface area contributed by atoms with Gasteiger partial charge in [-0.3, -0.25) is 14.9 Å². The van der Waals surface area contributed by atoms with Crippen LogP contribution in [-0.2, 0) is 14.8 Å². The van der Waals surface area contributed by atoms with E-state index < -0.39 is 20.6 Å². The molecule has 0 bridgehead atoms. The molecule has 2 fully saturated rings. The van der Waals surface area contributed by atoms with E-state index in [1.807, 2.05) is 6.92 Å². The van der Waals surface area contributed by atoms with E-state index in [1.54, 1.807) is 0 Å². The third-order valence-electron chi connectivity index (χ3n) is 5.75. The Balaban J connectivity index is 1.63. The van der Waals surface area contributed by atoms with Crippen molar-refractivity contribution in [3.05, 3.63) is 34.4 Å². The molecule has 1 saturated heterocycles. The van der Waals surface area contributed by atoms with E-state index in [0.717, 1.165) is 30.6 Å². The van der Waals surface area contributed by atoms with Gasteiger partial charge in [-0.1, -0.05) is 25.0 Å². The van der Waals surface area contributed by atoms with Crippen molar-refractivity contribution in [1.29, 1.82) is 0 Å². The fourth-order valence-corrected chi connectivity index (χ4v) is 5.59. The lowest BCUT2D eigenvalue weighted by molar-refractivity contribution is -0.917. The van der Waals surface area contributed by atoms with Crippen molar-refractivity contribution in [3.63, 3.8) is 0 Å². The predicted molar refractivity (Wildman–Crippen MR) is 102 cm³/mol. The minimum absolute atomic E-state index is 0.0110. The van der Waals surface area contributed by atoms with E-state index in [1.165, 1.54) is 28.6 Å². The number of hydrogen-bond acceptors (Lipinski definition) is 5. The highest BCUT2D eigenvalue weighted by Gasteiger charge is 2.37. The highest BCUT2D eigenvalue weighted by Crippen LogP contribution is 2.26. The van der Waals surface area contributed by atoms with Gasteiger partial charge in [-0.05, 0) is 25.8 Å². The van der Waals surface area contributed by atoms with Crippen LogP contribution in [0.5, 0.6) is 0 Å². The zero-order chi connectivity index (χ0) is 20.3. The van der Waals surface area contributed by atoms with Crippen LogP contribution in [0, 0.1) is 10.1 Å². The summed E-state index contributed by atoms with van der Waals surface area (Å²) < 4.78 is 27.1. The number of nitro groups is 1. The van der Waals surface area contributed by atoms with E-state index in [9.17, 15) is 23.3 Å². The Bertz CT molecular complexity index is 830. The summed E-state index contributed by atoms with van der Waals surface area (Å²) in [6, 6.07) is 5.40. The fraction of sp³-hybridized carbons (Fsp3) is 0.611. The summed E-state index contributed by atoms with van der Waals surface area (Å²) in [5, 5.41) is 14.3. The SMILES string of the molecule is C[C@H](C(=O)NC1CCCC1)[NH+]1CCN(S(=O)(=O)c2ccccc2[N+](=O)[O-])CC1. The second-order valence-electron chi connectivity index (χ2n) is 7.50. The number of piperazine rings is 1. The van der Waals surface area contributed by atoms with Gasteiger partial charge in [0, 0.05) is 12.1 Å². The van der Waals surface area contributed by atoms with Crippen molar-refractivity contribution in [2.24, 2.45) is 0 Å². The number of carbonyl (C=O) groups is 1. The molecule has 9 nitrogen and oxygen atoms in total. The number of benzene rings is 1. The van der Waals surface area contributed by atoms with Crippen LogP contribution in [0.3, 0.4) is 0 Å². The van der Waals surface area contributed by atoms with Crippen LogP contribution in [0.15, 0.2) is 29.2 Å². The van der Waals surface area contributed by atoms with Crippen molar-refractivity contribution in [2.45, 2.75) is 49.6 Å². The van der Waals surface area contributed by atoms with Crippen LogP contribution in [0.4, 0.5) is 5.69 Å². The highest BCUT2D eigenvalue weighted by atomic mass is 32.2. The van der Waals surface area contributed by atoms with Gasteiger partial charge in [0.2, 0.25) is 10.0 Å². The predicted octanol–water partition coefficient (Wildman–Crippen LogP) is -0.0687. The molecule has 10 heteroatoms. The Hall–Kier alpha value is -2.04. The van der Waals surface area contributed by atoms with E-state index in [2.05, 4.69) is 5.32 Å². The third kappa shape index (κ3) is 4.34. The molecule has 1 atom stereocenters. The first-order valence-corrected chi connectivity index (χ1v) is 11.1. The maximum atomic E-state index is 12.9. The van der Waals surface area contributed by atoms with E-state index in [4.69, 9.17) is 0 Å². The molecule has 2 N–H and O–H groups in total. The number of amides is 1. The molecule has 154 valence electrons. The molecule has 1 amide bonds. The Labute approximate surface area is 164 Å². The topological polar surface area (TPSA) is 114 Å². The summed E-state index contributed by atoms with van der Waals surface area (Å²) in [7, 11) is -3.95. The van der Waals surface area contributed by atoms with E-state index in [-0.39, 0.29) is 36.0 Å². The van der Waals surface area contributed by atoms with Crippen molar-refractivity contribution >= 4 is 21.6 Å². The van der Waals surface area contributed by atoms with Crippen molar-refractivity contribution in [1.82, 2.24) is 9.62 Å². The summed E-state index contributed by atoms with van der Waals surface area (Å²) in [5.74, 6) is 0.0110. The van der Waals surface area contributed by atoms with Crippen molar-refractivity contribution < 1.29 is 23.0 Å². The number of para-hydroxylation sites is 1. The summed E-state index contributed by atoms with van der Waals surface area (Å²) in [4.78, 5) is 23.7. The van der Waals surface area contributed by atoms with Crippen LogP contribution < -0.4 is 10.2 Å². The number of nitrogens with zero attached hydrogens (tertiary/aromatic N) is 2. The van der Waals surface area contributed by atoms with Gasteiger partial charge in [-0.15, -0.1) is 0 Å². The molecule has 28 heavy (non-hydrogen) atoms. The Kier molecular flexibility index (Phi) is 6.31. The summed E-state index contributed by atoms with van der Waals surface area (Å²) >= 11 is 0. The minimum atomic E-state index is -3.95. The number of carbonyl (C=O) groups excluding carboxylic acids is 1. The summed E-state index contributed by atoms with van der Waals surface area (Å²) in [5.41, 5.74) is -0.415. The molecule has 0 radical (unpaired) electrons. The van der Waals surface area contributed by atoms with Gasteiger partial charge in [0.1, 0.15) is 0 Å². The van der Waals surface area contributed by atoms with Gasteiger partial charge < -0.3 is 10.2 Å². The average molecular weight is 412 g/mol. The second-order valence-corrected chi connectivity index (χ2v) is 9.41. The summed E-state index contributed by atoms with van der Waals surface area (Å²) in [6.45, 7) is 3.29. The van der Waals surface area contributed by atoms with Gasteiger partial charge in [-0.25, -0.2) is 8.42 Å². The third-order valence-corrected chi connectivity index (χ3v) is 7.70. The molecule has 1 aromatic carbocycles. The number of hydrogen-bond donors (Lipinski definition) is 2. The molecule has 0 aromatic heterocycles. The highest BCUT2D eigenvalue weighted by molar-refractivity contribution is 7.89. The molecule has 1 aliphatic carbocycles. The molecular weight excluding hydrogens is 384 g/mol. The number of rotatable bonds is 6. The first-order valence-electron chi connectivity index (χ1n) is 9.69. The standard InChI is InChI=1S/C18H26N4O5S/c1-14(18(23)19-15-6-2-3-7-15)20-10-12-21(13-11-20)28(26,27)17-9-5-4-8-16(17)22(24)25/h4-5,8-9,14-15H,2-3,6-7,10-13H2,1H3,(H,19,23)/p+1/t14-/m1/s1. The molecule has 1 heterocycles. The molecule has 0 unspecified atom stereocenters. The van der Waals surface area contributed by atoms with Crippen LogP contribution in [0.25, 0.3) is 0 Å². The van der Waals surface area contributed by atoms with Crippen LogP contribution >= 0.6 is 0 Å². The lowest BCUT2D eigenvalue weighted by Crippen LogP contribution is -3.19. The molecule has 1 aliphatic heterocycles.